The van der Waals surface area contributed by atoms with E-state index in [1.54, 1.807) is 19.1 Å². The predicted octanol–water partition coefficient (Wildman–Crippen LogP) is 2.12. The minimum absolute atomic E-state index is 0.574. The number of rotatable bonds is 2. The van der Waals surface area contributed by atoms with Crippen LogP contribution in [-0.4, -0.2) is 6.29 Å². The smallest absolute Gasteiger partial charge is 0.145 e. The van der Waals surface area contributed by atoms with E-state index in [1.807, 2.05) is 0 Å². The quantitative estimate of drug-likeness (QED) is 0.313. The molecule has 0 spiro atoms. The molecule has 0 aromatic carbocycles. The van der Waals surface area contributed by atoms with Gasteiger partial charge in [-0.25, -0.2) is 0 Å². The molecular weight excluding hydrogens is 112 g/mol. The first-order valence-corrected chi connectivity index (χ1v) is 2.53. The molecule has 0 aromatic rings. The molecule has 0 rings (SSSR count). The van der Waals surface area contributed by atoms with Gasteiger partial charge >= 0.3 is 0 Å². The Morgan fingerprint density at radius 1 is 1.33 bits per heavy atom. The van der Waals surface area contributed by atoms with Crippen LogP contribution in [0.4, 0.5) is 0 Å². The van der Waals surface area contributed by atoms with E-state index in [1.165, 1.54) is 0 Å². The molecule has 0 radical (unpaired) electrons. The van der Waals surface area contributed by atoms with Crippen molar-refractivity contribution >= 4 is 6.29 Å². The van der Waals surface area contributed by atoms with Crippen molar-refractivity contribution in [3.8, 4) is 0 Å². The largest absolute Gasteiger partial charge is 0.298 e. The van der Waals surface area contributed by atoms with Crippen molar-refractivity contribution in [1.82, 2.24) is 0 Å². The molecule has 50 valence electrons. The molecule has 1 heteroatoms. The van der Waals surface area contributed by atoms with E-state index in [2.05, 4.69) is 19.7 Å². The van der Waals surface area contributed by atoms with Crippen molar-refractivity contribution in [2.24, 2.45) is 0 Å². The standard InChI is InChI=1S/C4H6O.C4H6/c1-4(2)3-5;1-3-4-2/h3H,1H2,2H3;3-4H,1-2H2. The van der Waals surface area contributed by atoms with Gasteiger partial charge in [0.2, 0.25) is 0 Å². The van der Waals surface area contributed by atoms with Crippen LogP contribution in [0.25, 0.3) is 0 Å². The molecule has 0 aliphatic rings. The highest BCUT2D eigenvalue weighted by Crippen LogP contribution is 1.70. The first-order valence-electron chi connectivity index (χ1n) is 2.53. The summed E-state index contributed by atoms with van der Waals surface area (Å²) in [5.41, 5.74) is 0.574. The minimum Gasteiger partial charge on any atom is -0.298 e. The van der Waals surface area contributed by atoms with E-state index < -0.39 is 0 Å². The van der Waals surface area contributed by atoms with Crippen LogP contribution >= 0.6 is 0 Å². The van der Waals surface area contributed by atoms with Crippen LogP contribution in [0.2, 0.25) is 0 Å². The third kappa shape index (κ3) is 46.1. The van der Waals surface area contributed by atoms with Crippen LogP contribution in [0.5, 0.6) is 0 Å². The number of carbonyl (C=O) groups is 1. The monoisotopic (exact) mass is 124 g/mol. The molecule has 0 heterocycles. The second-order valence-electron chi connectivity index (χ2n) is 1.44. The first-order chi connectivity index (χ1) is 4.18. The lowest BCUT2D eigenvalue weighted by molar-refractivity contribution is -0.104. The van der Waals surface area contributed by atoms with Gasteiger partial charge in [0.25, 0.3) is 0 Å². The van der Waals surface area contributed by atoms with Crippen LogP contribution in [0.1, 0.15) is 6.92 Å². The van der Waals surface area contributed by atoms with Crippen molar-refractivity contribution in [3.63, 3.8) is 0 Å². The second-order valence-corrected chi connectivity index (χ2v) is 1.44. The van der Waals surface area contributed by atoms with Gasteiger partial charge < -0.3 is 0 Å². The summed E-state index contributed by atoms with van der Waals surface area (Å²) in [5, 5.41) is 0. The van der Waals surface area contributed by atoms with Gasteiger partial charge in [-0.2, -0.15) is 0 Å². The number of aldehydes is 1. The van der Waals surface area contributed by atoms with Crippen LogP contribution in [0, 0.1) is 0 Å². The van der Waals surface area contributed by atoms with Crippen molar-refractivity contribution in [3.05, 3.63) is 37.5 Å². The van der Waals surface area contributed by atoms with Crippen molar-refractivity contribution in [2.45, 2.75) is 6.92 Å². The number of hydrogen-bond acceptors (Lipinski definition) is 1. The second kappa shape index (κ2) is 10.00. The molecule has 0 amide bonds. The van der Waals surface area contributed by atoms with Gasteiger partial charge in [0, 0.05) is 0 Å². The lowest BCUT2D eigenvalue weighted by Crippen LogP contribution is -1.65. The Hall–Kier alpha value is -1.11. The van der Waals surface area contributed by atoms with Crippen LogP contribution in [0.3, 0.4) is 0 Å². The highest BCUT2D eigenvalue weighted by atomic mass is 16.1. The Kier molecular flexibility index (Phi) is 12.0. The van der Waals surface area contributed by atoms with E-state index in [0.717, 1.165) is 6.29 Å². The lowest BCUT2D eigenvalue weighted by Gasteiger charge is -1.65. The summed E-state index contributed by atoms with van der Waals surface area (Å²) in [6.45, 7) is 11.7. The fraction of sp³-hybridized carbons (Fsp3) is 0.125. The van der Waals surface area contributed by atoms with Gasteiger partial charge in [-0.1, -0.05) is 31.9 Å². The van der Waals surface area contributed by atoms with Gasteiger partial charge in [0.15, 0.2) is 0 Å². The Morgan fingerprint density at radius 3 is 1.56 bits per heavy atom. The van der Waals surface area contributed by atoms with Gasteiger partial charge in [-0.05, 0) is 12.5 Å². The van der Waals surface area contributed by atoms with E-state index >= 15 is 0 Å². The van der Waals surface area contributed by atoms with Crippen molar-refractivity contribution in [1.29, 1.82) is 0 Å². The average Bonchev–Trinajstić information content (AvgIpc) is 1.89. The zero-order valence-corrected chi connectivity index (χ0v) is 5.76. The minimum atomic E-state index is 0.574. The number of hydrogen-bond donors (Lipinski definition) is 0. The fourth-order valence-corrected chi connectivity index (χ4v) is 0. The highest BCUT2D eigenvalue weighted by molar-refractivity contribution is 5.70. The highest BCUT2D eigenvalue weighted by Gasteiger charge is 1.66. The summed E-state index contributed by atoms with van der Waals surface area (Å²) in [5.74, 6) is 0. The number of carbonyl (C=O) groups excluding carboxylic acids is 1. The summed E-state index contributed by atoms with van der Waals surface area (Å²) < 4.78 is 0. The van der Waals surface area contributed by atoms with Gasteiger partial charge in [-0.3, -0.25) is 4.79 Å². The molecule has 0 atom stereocenters. The molecule has 0 saturated heterocycles. The summed E-state index contributed by atoms with van der Waals surface area (Å²) >= 11 is 0. The molecule has 0 saturated carbocycles. The Morgan fingerprint density at radius 2 is 1.56 bits per heavy atom. The summed E-state index contributed by atoms with van der Waals surface area (Å²) in [6, 6.07) is 0. The summed E-state index contributed by atoms with van der Waals surface area (Å²) in [4.78, 5) is 9.41. The van der Waals surface area contributed by atoms with E-state index in [4.69, 9.17) is 0 Å². The van der Waals surface area contributed by atoms with Crippen LogP contribution in [0.15, 0.2) is 37.5 Å². The zero-order valence-electron chi connectivity index (χ0n) is 5.76. The SMILES string of the molecule is C=C(C)C=O.C=CC=C. The molecule has 0 fully saturated rings. The molecule has 1 nitrogen and oxygen atoms in total. The van der Waals surface area contributed by atoms with E-state index in [0.29, 0.717) is 5.57 Å². The summed E-state index contributed by atoms with van der Waals surface area (Å²) in [6.07, 6.45) is 4.00. The third-order valence-corrected chi connectivity index (χ3v) is 0.368. The van der Waals surface area contributed by atoms with Crippen LogP contribution in [-0.2, 0) is 4.79 Å². The lowest BCUT2D eigenvalue weighted by atomic mass is 10.4. The van der Waals surface area contributed by atoms with Crippen molar-refractivity contribution < 1.29 is 4.79 Å². The van der Waals surface area contributed by atoms with E-state index in [-0.39, 0.29) is 0 Å². The zero-order chi connectivity index (χ0) is 7.70. The Labute approximate surface area is 56.4 Å². The first kappa shape index (κ1) is 10.8. The predicted molar refractivity (Wildman–Crippen MR) is 41.3 cm³/mol. The third-order valence-electron chi connectivity index (χ3n) is 0.368. The summed E-state index contributed by atoms with van der Waals surface area (Å²) in [7, 11) is 0. The normalized spacial score (nSPS) is 5.89. The number of allylic oxidation sites excluding steroid dienone is 3. The van der Waals surface area contributed by atoms with Gasteiger partial charge in [0.05, 0.1) is 0 Å². The topological polar surface area (TPSA) is 17.1 Å². The van der Waals surface area contributed by atoms with Gasteiger partial charge in [0.1, 0.15) is 6.29 Å². The van der Waals surface area contributed by atoms with Crippen LogP contribution < -0.4 is 0 Å². The Bertz CT molecular complexity index is 106. The Balaban J connectivity index is 0. The molecule has 9 heavy (non-hydrogen) atoms. The average molecular weight is 124 g/mol. The molecular formula is C8H12O. The molecule has 0 aliphatic heterocycles. The maximum atomic E-state index is 9.41. The maximum absolute atomic E-state index is 9.41. The van der Waals surface area contributed by atoms with E-state index in [9.17, 15) is 4.79 Å². The molecule has 0 aromatic heterocycles. The van der Waals surface area contributed by atoms with Gasteiger partial charge in [-0.15, -0.1) is 0 Å². The molecule has 0 unspecified atom stereocenters. The molecule has 0 bridgehead atoms. The fourth-order valence-electron chi connectivity index (χ4n) is 0. The van der Waals surface area contributed by atoms with Crippen molar-refractivity contribution in [2.75, 3.05) is 0 Å². The molecule has 0 aliphatic carbocycles. The molecule has 0 N–H and O–H groups in total. The maximum Gasteiger partial charge on any atom is 0.145 e.